The number of rotatable bonds is 8. The van der Waals surface area contributed by atoms with Crippen molar-refractivity contribution in [3.05, 3.63) is 53.4 Å². The molecule has 2 rings (SSSR count). The monoisotopic (exact) mass is 339 g/mol. The molecule has 1 N–H and O–H groups in total. The molecule has 0 aliphatic carbocycles. The summed E-state index contributed by atoms with van der Waals surface area (Å²) in [5.41, 5.74) is 0. The molecule has 0 spiro atoms. The molecule has 1 amide bonds. The maximum absolute atomic E-state index is 11.9. The Morgan fingerprint density at radius 2 is 2.14 bits per heavy atom. The summed E-state index contributed by atoms with van der Waals surface area (Å²) in [4.78, 5) is 11.9. The van der Waals surface area contributed by atoms with Gasteiger partial charge in [-0.25, -0.2) is 0 Å². The van der Waals surface area contributed by atoms with Crippen LogP contribution in [0.3, 0.4) is 0 Å². The first kappa shape index (κ1) is 16.8. The third-order valence-electron chi connectivity index (χ3n) is 2.87. The van der Waals surface area contributed by atoms with E-state index in [0.717, 1.165) is 17.3 Å². The van der Waals surface area contributed by atoms with Gasteiger partial charge in [-0.3, -0.25) is 4.79 Å². The van der Waals surface area contributed by atoms with E-state index in [2.05, 4.69) is 5.32 Å². The van der Waals surface area contributed by atoms with E-state index in [9.17, 15) is 4.79 Å². The maximum Gasteiger partial charge on any atom is 0.260 e. The molecule has 0 saturated carbocycles. The molecule has 22 heavy (non-hydrogen) atoms. The Morgan fingerprint density at radius 3 is 2.82 bits per heavy atom. The zero-order chi connectivity index (χ0) is 15.8. The van der Waals surface area contributed by atoms with Gasteiger partial charge in [0.25, 0.3) is 5.91 Å². The predicted octanol–water partition coefficient (Wildman–Crippen LogP) is 3.75. The molecule has 1 aromatic carbocycles. The average Bonchev–Trinajstić information content (AvgIpc) is 3.02. The molecule has 1 atom stereocenters. The molecular weight excluding hydrogens is 322 g/mol. The van der Waals surface area contributed by atoms with Crippen LogP contribution in [-0.4, -0.2) is 24.3 Å². The Morgan fingerprint density at radius 1 is 1.36 bits per heavy atom. The van der Waals surface area contributed by atoms with E-state index in [0.29, 0.717) is 17.3 Å². The Bertz CT molecular complexity index is 572. The second-order valence-electron chi connectivity index (χ2n) is 4.64. The van der Waals surface area contributed by atoms with Crippen LogP contribution in [-0.2, 0) is 10.5 Å². The van der Waals surface area contributed by atoms with Crippen LogP contribution in [0.15, 0.2) is 47.1 Å². The minimum atomic E-state index is -0.545. The van der Waals surface area contributed by atoms with Crippen molar-refractivity contribution < 1.29 is 13.9 Å². The average molecular weight is 340 g/mol. The fourth-order valence-corrected chi connectivity index (χ4v) is 2.61. The SMILES string of the molecule is C[C@@H](Oc1ccc(Cl)cc1)C(=O)NCCSCc1ccco1. The van der Waals surface area contributed by atoms with Gasteiger partial charge in [0.15, 0.2) is 6.10 Å². The van der Waals surface area contributed by atoms with E-state index in [1.54, 1.807) is 49.2 Å². The summed E-state index contributed by atoms with van der Waals surface area (Å²) in [5, 5.41) is 3.49. The molecule has 0 saturated heterocycles. The van der Waals surface area contributed by atoms with Crippen molar-refractivity contribution in [2.75, 3.05) is 12.3 Å². The molecular formula is C16H18ClNO3S. The van der Waals surface area contributed by atoms with Crippen molar-refractivity contribution in [3.8, 4) is 5.75 Å². The first-order valence-corrected chi connectivity index (χ1v) is 8.48. The topological polar surface area (TPSA) is 51.5 Å². The number of amides is 1. The Balaban J connectivity index is 1.62. The van der Waals surface area contributed by atoms with Gasteiger partial charge in [0.2, 0.25) is 0 Å². The van der Waals surface area contributed by atoms with Crippen LogP contribution in [0.1, 0.15) is 12.7 Å². The zero-order valence-electron chi connectivity index (χ0n) is 12.3. The van der Waals surface area contributed by atoms with E-state index in [-0.39, 0.29) is 5.91 Å². The van der Waals surface area contributed by atoms with Gasteiger partial charge < -0.3 is 14.5 Å². The number of carbonyl (C=O) groups is 1. The van der Waals surface area contributed by atoms with Crippen LogP contribution in [0.4, 0.5) is 0 Å². The molecule has 0 aliphatic heterocycles. The van der Waals surface area contributed by atoms with Gasteiger partial charge in [0.05, 0.1) is 12.0 Å². The summed E-state index contributed by atoms with van der Waals surface area (Å²) in [6.45, 7) is 2.32. The minimum absolute atomic E-state index is 0.131. The highest BCUT2D eigenvalue weighted by Crippen LogP contribution is 2.16. The normalized spacial score (nSPS) is 11.9. The zero-order valence-corrected chi connectivity index (χ0v) is 13.8. The smallest absolute Gasteiger partial charge is 0.260 e. The number of thioether (sulfide) groups is 1. The lowest BCUT2D eigenvalue weighted by Gasteiger charge is -2.14. The maximum atomic E-state index is 11.9. The summed E-state index contributed by atoms with van der Waals surface area (Å²) in [7, 11) is 0. The number of benzene rings is 1. The molecule has 0 unspecified atom stereocenters. The fourth-order valence-electron chi connectivity index (χ4n) is 1.73. The molecule has 6 heteroatoms. The number of hydrogen-bond donors (Lipinski definition) is 1. The number of halogens is 1. The number of carbonyl (C=O) groups excluding carboxylic acids is 1. The quantitative estimate of drug-likeness (QED) is 0.744. The molecule has 0 radical (unpaired) electrons. The van der Waals surface area contributed by atoms with E-state index < -0.39 is 6.10 Å². The fraction of sp³-hybridized carbons (Fsp3) is 0.312. The van der Waals surface area contributed by atoms with Crippen molar-refractivity contribution in [2.24, 2.45) is 0 Å². The first-order valence-electron chi connectivity index (χ1n) is 6.95. The third-order valence-corrected chi connectivity index (χ3v) is 4.10. The van der Waals surface area contributed by atoms with Gasteiger partial charge in [0.1, 0.15) is 11.5 Å². The van der Waals surface area contributed by atoms with E-state index in [1.165, 1.54) is 0 Å². The van der Waals surface area contributed by atoms with E-state index in [1.807, 2.05) is 12.1 Å². The predicted molar refractivity (Wildman–Crippen MR) is 89.4 cm³/mol. The van der Waals surface area contributed by atoms with Crippen LogP contribution >= 0.6 is 23.4 Å². The van der Waals surface area contributed by atoms with E-state index in [4.69, 9.17) is 20.8 Å². The number of hydrogen-bond acceptors (Lipinski definition) is 4. The lowest BCUT2D eigenvalue weighted by atomic mass is 10.3. The summed E-state index contributed by atoms with van der Waals surface area (Å²) in [5.74, 6) is 3.06. The molecule has 0 fully saturated rings. The van der Waals surface area contributed by atoms with E-state index >= 15 is 0 Å². The molecule has 1 heterocycles. The van der Waals surface area contributed by atoms with Gasteiger partial charge in [0, 0.05) is 17.3 Å². The van der Waals surface area contributed by atoms with Crippen LogP contribution in [0.2, 0.25) is 5.02 Å². The Kier molecular flexibility index (Phi) is 6.68. The number of nitrogens with one attached hydrogen (secondary N) is 1. The van der Waals surface area contributed by atoms with Crippen LogP contribution in [0.25, 0.3) is 0 Å². The van der Waals surface area contributed by atoms with Gasteiger partial charge >= 0.3 is 0 Å². The lowest BCUT2D eigenvalue weighted by Crippen LogP contribution is -2.37. The van der Waals surface area contributed by atoms with Crippen LogP contribution < -0.4 is 10.1 Å². The van der Waals surface area contributed by atoms with Gasteiger partial charge in [-0.15, -0.1) is 0 Å². The van der Waals surface area contributed by atoms with Crippen LogP contribution in [0, 0.1) is 0 Å². The van der Waals surface area contributed by atoms with Crippen LogP contribution in [0.5, 0.6) is 5.75 Å². The molecule has 118 valence electrons. The minimum Gasteiger partial charge on any atom is -0.481 e. The highest BCUT2D eigenvalue weighted by molar-refractivity contribution is 7.98. The second-order valence-corrected chi connectivity index (χ2v) is 6.18. The summed E-state index contributed by atoms with van der Waals surface area (Å²) in [6, 6.07) is 10.7. The van der Waals surface area contributed by atoms with Gasteiger partial charge in [-0.2, -0.15) is 11.8 Å². The molecule has 4 nitrogen and oxygen atoms in total. The van der Waals surface area contributed by atoms with Crippen molar-refractivity contribution in [1.82, 2.24) is 5.32 Å². The first-order chi connectivity index (χ1) is 10.6. The largest absolute Gasteiger partial charge is 0.481 e. The van der Waals surface area contributed by atoms with Crippen molar-refractivity contribution in [1.29, 1.82) is 0 Å². The third kappa shape index (κ3) is 5.66. The summed E-state index contributed by atoms with van der Waals surface area (Å²) >= 11 is 7.51. The molecule has 0 bridgehead atoms. The molecule has 0 aliphatic rings. The van der Waals surface area contributed by atoms with Crippen molar-refractivity contribution >= 4 is 29.3 Å². The summed E-state index contributed by atoms with van der Waals surface area (Å²) < 4.78 is 10.8. The van der Waals surface area contributed by atoms with Crippen molar-refractivity contribution in [3.63, 3.8) is 0 Å². The van der Waals surface area contributed by atoms with Crippen molar-refractivity contribution in [2.45, 2.75) is 18.8 Å². The number of furan rings is 1. The Labute approximate surface area is 139 Å². The Hall–Kier alpha value is -1.59. The summed E-state index contributed by atoms with van der Waals surface area (Å²) in [6.07, 6.45) is 1.12. The standard InChI is InChI=1S/C16H18ClNO3S/c1-12(21-14-6-4-13(17)5-7-14)16(19)18-8-10-22-11-15-3-2-9-20-15/h2-7,9,12H,8,10-11H2,1H3,(H,18,19)/t12-/m1/s1. The van der Waals surface area contributed by atoms with Gasteiger partial charge in [-0.1, -0.05) is 11.6 Å². The highest BCUT2D eigenvalue weighted by Gasteiger charge is 2.13. The molecule has 2 aromatic rings. The van der Waals surface area contributed by atoms with Gasteiger partial charge in [-0.05, 0) is 43.3 Å². The number of ether oxygens (including phenoxy) is 1. The lowest BCUT2D eigenvalue weighted by molar-refractivity contribution is -0.127. The molecule has 1 aromatic heterocycles. The highest BCUT2D eigenvalue weighted by atomic mass is 35.5. The second kappa shape index (κ2) is 8.76.